The first kappa shape index (κ1) is 24.3. The van der Waals surface area contributed by atoms with Gasteiger partial charge in [-0.05, 0) is 6.42 Å². The number of amides is 4. The lowest BCUT2D eigenvalue weighted by Gasteiger charge is -2.34. The van der Waals surface area contributed by atoms with Crippen LogP contribution in [-0.4, -0.2) is 79.4 Å². The van der Waals surface area contributed by atoms with Crippen molar-refractivity contribution in [1.82, 2.24) is 34.7 Å². The zero-order chi connectivity index (χ0) is 26.3. The molecule has 0 saturated carbocycles. The smallest absolute Gasteiger partial charge is 0.410 e. The Morgan fingerprint density at radius 3 is 2.51 bits per heavy atom. The largest absolute Gasteiger partial charge is 0.444 e. The van der Waals surface area contributed by atoms with Crippen LogP contribution in [0.2, 0.25) is 0 Å². The molecule has 2 fully saturated rings. The molecular weight excluding hydrogens is 480 g/mol. The standard InChI is InChI=1S/C24H28N8O5/c1-29-21(17(25)12-26-29)23(35)31-8-10-32(11-9-31)24(36)37-13-14-4-3-5-15-19(28-30(2)20(14)15)16-6-7-18(33)27-22(16)34/h3-5,12,16H,6-11,13,25H2,1-2H3,(H,27,33,34). The molecule has 0 bridgehead atoms. The van der Waals surface area contributed by atoms with Gasteiger partial charge in [0.1, 0.15) is 12.3 Å². The number of aryl methyl sites for hydroxylation is 2. The molecule has 4 amide bonds. The normalized spacial score (nSPS) is 18.3. The lowest BCUT2D eigenvalue weighted by molar-refractivity contribution is -0.134. The molecule has 5 rings (SSSR count). The second kappa shape index (κ2) is 9.56. The van der Waals surface area contributed by atoms with Gasteiger partial charge in [0.25, 0.3) is 5.91 Å². The van der Waals surface area contributed by atoms with Crippen LogP contribution in [0.25, 0.3) is 10.9 Å². The molecule has 0 spiro atoms. The summed E-state index contributed by atoms with van der Waals surface area (Å²) in [5.41, 5.74) is 8.64. The monoisotopic (exact) mass is 508 g/mol. The van der Waals surface area contributed by atoms with Crippen molar-refractivity contribution in [2.24, 2.45) is 14.1 Å². The highest BCUT2D eigenvalue weighted by Gasteiger charge is 2.32. The average molecular weight is 509 g/mol. The summed E-state index contributed by atoms with van der Waals surface area (Å²) in [6.07, 6.45) is 1.63. The van der Waals surface area contributed by atoms with Gasteiger partial charge in [-0.3, -0.25) is 29.1 Å². The van der Waals surface area contributed by atoms with Crippen LogP contribution in [0.5, 0.6) is 0 Å². The van der Waals surface area contributed by atoms with Crippen LogP contribution in [0.4, 0.5) is 10.5 Å². The minimum absolute atomic E-state index is 0.0230. The molecule has 1 aromatic carbocycles. The van der Waals surface area contributed by atoms with Crippen LogP contribution < -0.4 is 11.1 Å². The van der Waals surface area contributed by atoms with E-state index in [4.69, 9.17) is 10.5 Å². The number of nitrogen functional groups attached to an aromatic ring is 1. The van der Waals surface area contributed by atoms with Crippen LogP contribution in [0.3, 0.4) is 0 Å². The Morgan fingerprint density at radius 2 is 1.84 bits per heavy atom. The highest BCUT2D eigenvalue weighted by molar-refractivity contribution is 6.02. The quantitative estimate of drug-likeness (QED) is 0.483. The first-order chi connectivity index (χ1) is 17.7. The molecule has 13 nitrogen and oxygen atoms in total. The van der Waals surface area contributed by atoms with Gasteiger partial charge < -0.3 is 20.3 Å². The Morgan fingerprint density at radius 1 is 1.11 bits per heavy atom. The second-order valence-electron chi connectivity index (χ2n) is 9.23. The number of ether oxygens (including phenoxy) is 1. The number of benzene rings is 1. The Kier molecular flexibility index (Phi) is 6.27. The first-order valence-corrected chi connectivity index (χ1v) is 12.0. The Hall–Kier alpha value is -4.42. The highest BCUT2D eigenvalue weighted by Crippen LogP contribution is 2.31. The summed E-state index contributed by atoms with van der Waals surface area (Å²) in [5.74, 6) is -1.36. The first-order valence-electron chi connectivity index (χ1n) is 12.0. The molecule has 1 unspecified atom stereocenters. The van der Waals surface area contributed by atoms with Gasteiger partial charge in [0, 0.05) is 57.6 Å². The third kappa shape index (κ3) is 4.47. The lowest BCUT2D eigenvalue weighted by Crippen LogP contribution is -2.51. The Labute approximate surface area is 212 Å². The number of aromatic nitrogens is 4. The van der Waals surface area contributed by atoms with E-state index in [-0.39, 0.29) is 30.7 Å². The third-order valence-electron chi connectivity index (χ3n) is 6.89. The molecule has 3 aromatic rings. The lowest BCUT2D eigenvalue weighted by atomic mass is 9.92. The fourth-order valence-electron chi connectivity index (χ4n) is 4.96. The van der Waals surface area contributed by atoms with Gasteiger partial charge in [0.2, 0.25) is 11.8 Å². The second-order valence-corrected chi connectivity index (χ2v) is 9.23. The molecule has 194 valence electrons. The van der Waals surface area contributed by atoms with E-state index in [2.05, 4.69) is 15.5 Å². The maximum absolute atomic E-state index is 12.8. The van der Waals surface area contributed by atoms with Gasteiger partial charge in [-0.1, -0.05) is 18.2 Å². The molecule has 4 heterocycles. The number of hydrogen-bond donors (Lipinski definition) is 2. The van der Waals surface area contributed by atoms with Crippen LogP contribution in [0.15, 0.2) is 24.4 Å². The molecule has 0 radical (unpaired) electrons. The van der Waals surface area contributed by atoms with Crippen molar-refractivity contribution in [1.29, 1.82) is 0 Å². The van der Waals surface area contributed by atoms with Crippen molar-refractivity contribution in [3.8, 4) is 0 Å². The van der Waals surface area contributed by atoms with Crippen molar-refractivity contribution in [2.45, 2.75) is 25.4 Å². The van der Waals surface area contributed by atoms with E-state index < -0.39 is 12.0 Å². The van der Waals surface area contributed by atoms with Gasteiger partial charge in [0.05, 0.1) is 29.0 Å². The summed E-state index contributed by atoms with van der Waals surface area (Å²) in [7, 11) is 3.43. The van der Waals surface area contributed by atoms with Crippen LogP contribution in [-0.2, 0) is 35.0 Å². The van der Waals surface area contributed by atoms with Crippen LogP contribution in [0.1, 0.15) is 40.5 Å². The van der Waals surface area contributed by atoms with E-state index in [0.29, 0.717) is 49.7 Å². The number of hydrogen-bond acceptors (Lipinski definition) is 8. The van der Waals surface area contributed by atoms with Crippen molar-refractivity contribution in [3.05, 3.63) is 41.3 Å². The van der Waals surface area contributed by atoms with E-state index in [0.717, 1.165) is 16.5 Å². The highest BCUT2D eigenvalue weighted by atomic mass is 16.6. The summed E-state index contributed by atoms with van der Waals surface area (Å²) in [4.78, 5) is 52.8. The number of nitrogens with zero attached hydrogens (tertiary/aromatic N) is 6. The molecule has 2 aliphatic heterocycles. The maximum Gasteiger partial charge on any atom is 0.410 e. The minimum Gasteiger partial charge on any atom is -0.444 e. The van der Waals surface area contributed by atoms with Crippen molar-refractivity contribution in [3.63, 3.8) is 0 Å². The van der Waals surface area contributed by atoms with E-state index in [1.165, 1.54) is 10.9 Å². The molecule has 37 heavy (non-hydrogen) atoms. The van der Waals surface area contributed by atoms with Gasteiger partial charge in [-0.15, -0.1) is 0 Å². The molecular formula is C24H28N8O5. The number of carbonyl (C=O) groups excluding carboxylic acids is 4. The summed E-state index contributed by atoms with van der Waals surface area (Å²) < 4.78 is 8.73. The van der Waals surface area contributed by atoms with Crippen molar-refractivity contribution >= 4 is 40.4 Å². The molecule has 0 aliphatic carbocycles. The SMILES string of the molecule is Cn1ncc(N)c1C(=O)N1CCN(C(=O)OCc2cccc3c(C4CCC(=O)NC4=O)nn(C)c23)CC1. The summed E-state index contributed by atoms with van der Waals surface area (Å²) in [5, 5.41) is 11.7. The van der Waals surface area contributed by atoms with Crippen LogP contribution in [0, 0.1) is 0 Å². The van der Waals surface area contributed by atoms with Crippen molar-refractivity contribution in [2.75, 3.05) is 31.9 Å². The molecule has 13 heteroatoms. The Bertz CT molecular complexity index is 1380. The number of carbonyl (C=O) groups is 4. The number of piperazine rings is 1. The average Bonchev–Trinajstić information content (AvgIpc) is 3.40. The fourth-order valence-corrected chi connectivity index (χ4v) is 4.96. The predicted octanol–water partition coefficient (Wildman–Crippen LogP) is 0.504. The Balaban J connectivity index is 1.23. The molecule has 2 aromatic heterocycles. The zero-order valence-corrected chi connectivity index (χ0v) is 20.6. The molecule has 1 atom stereocenters. The zero-order valence-electron chi connectivity index (χ0n) is 20.6. The van der Waals surface area contributed by atoms with Gasteiger partial charge in [0.15, 0.2) is 0 Å². The molecule has 2 aliphatic rings. The fraction of sp³-hybridized carbons (Fsp3) is 0.417. The minimum atomic E-state index is -0.514. The number of rotatable bonds is 4. The van der Waals surface area contributed by atoms with Crippen LogP contribution >= 0.6 is 0 Å². The maximum atomic E-state index is 12.8. The number of fused-ring (bicyclic) bond motifs is 1. The number of nitrogens with two attached hydrogens (primary N) is 1. The predicted molar refractivity (Wildman–Crippen MR) is 131 cm³/mol. The van der Waals surface area contributed by atoms with E-state index in [9.17, 15) is 19.2 Å². The summed E-state index contributed by atoms with van der Waals surface area (Å²) in [6.45, 7) is 1.39. The van der Waals surface area contributed by atoms with E-state index in [1.54, 1.807) is 28.6 Å². The number of piperidine rings is 1. The van der Waals surface area contributed by atoms with Gasteiger partial charge in [-0.2, -0.15) is 10.2 Å². The van der Waals surface area contributed by atoms with Crippen molar-refractivity contribution < 1.29 is 23.9 Å². The molecule has 3 N–H and O–H groups in total. The van der Waals surface area contributed by atoms with E-state index in [1.807, 2.05) is 18.2 Å². The topological polar surface area (TPSA) is 158 Å². The van der Waals surface area contributed by atoms with Gasteiger partial charge >= 0.3 is 6.09 Å². The number of imide groups is 1. The van der Waals surface area contributed by atoms with E-state index >= 15 is 0 Å². The molecule has 2 saturated heterocycles. The third-order valence-corrected chi connectivity index (χ3v) is 6.89. The number of para-hydroxylation sites is 1. The number of anilines is 1. The number of nitrogens with one attached hydrogen (secondary N) is 1. The van der Waals surface area contributed by atoms with Gasteiger partial charge in [-0.25, -0.2) is 4.79 Å². The summed E-state index contributed by atoms with van der Waals surface area (Å²) >= 11 is 0. The summed E-state index contributed by atoms with van der Waals surface area (Å²) in [6, 6.07) is 5.55.